The Morgan fingerprint density at radius 3 is 2.35 bits per heavy atom. The Labute approximate surface area is 273 Å². The molecule has 4 N–H and O–H groups in total. The molecule has 46 heavy (non-hydrogen) atoms. The molecule has 2 heterocycles. The van der Waals surface area contributed by atoms with Crippen LogP contribution in [0.5, 0.6) is 0 Å². The summed E-state index contributed by atoms with van der Waals surface area (Å²) in [5.41, 5.74) is 3.47. The van der Waals surface area contributed by atoms with Gasteiger partial charge in [-0.1, -0.05) is 84.1 Å². The van der Waals surface area contributed by atoms with E-state index in [4.69, 9.17) is 0 Å². The Morgan fingerprint density at radius 1 is 0.848 bits per heavy atom. The number of H-pyrrole nitrogens is 1. The van der Waals surface area contributed by atoms with Crippen molar-refractivity contribution in [1.82, 2.24) is 20.5 Å². The maximum absolute atomic E-state index is 13.7. The Hall–Kier alpha value is -5.52. The van der Waals surface area contributed by atoms with Gasteiger partial charge in [0.05, 0.1) is 0 Å². The zero-order valence-electron chi connectivity index (χ0n) is 24.6. The zero-order valence-corrected chi connectivity index (χ0v) is 26.2. The molecule has 228 valence electrons. The van der Waals surface area contributed by atoms with Gasteiger partial charge in [-0.2, -0.15) is 0 Å². The lowest BCUT2D eigenvalue weighted by Crippen LogP contribution is -2.30. The second-order valence-corrected chi connectivity index (χ2v) is 12.5. The van der Waals surface area contributed by atoms with Gasteiger partial charge >= 0.3 is 0 Å². The van der Waals surface area contributed by atoms with Crippen LogP contribution in [0, 0.1) is 6.92 Å². The summed E-state index contributed by atoms with van der Waals surface area (Å²) in [5, 5.41) is 18.1. The number of para-hydroxylation sites is 1. The van der Waals surface area contributed by atoms with Gasteiger partial charge in [0, 0.05) is 38.8 Å². The van der Waals surface area contributed by atoms with Crippen molar-refractivity contribution in [1.29, 1.82) is 0 Å². The first-order valence-electron chi connectivity index (χ1n) is 14.3. The molecule has 1 unspecified atom stereocenters. The van der Waals surface area contributed by atoms with Crippen LogP contribution in [0.3, 0.4) is 0 Å². The van der Waals surface area contributed by atoms with Crippen molar-refractivity contribution >= 4 is 68.6 Å². The molecule has 11 heteroatoms. The molecular weight excluding hydrogens is 617 g/mol. The summed E-state index contributed by atoms with van der Waals surface area (Å²) in [5.74, 6) is -1.15. The van der Waals surface area contributed by atoms with E-state index in [1.54, 1.807) is 54.7 Å². The number of carbonyl (C=O) groups excluding carboxylic acids is 3. The number of fused-ring (bicyclic) bond motifs is 1. The third kappa shape index (κ3) is 7.40. The molecule has 0 radical (unpaired) electrons. The highest BCUT2D eigenvalue weighted by Crippen LogP contribution is 2.37. The van der Waals surface area contributed by atoms with E-state index < -0.39 is 17.1 Å². The lowest BCUT2D eigenvalue weighted by molar-refractivity contribution is -0.116. The number of nitrogens with one attached hydrogen (secondary N) is 4. The highest BCUT2D eigenvalue weighted by Gasteiger charge is 2.24. The summed E-state index contributed by atoms with van der Waals surface area (Å²) in [6.45, 7) is 1.82. The predicted molar refractivity (Wildman–Crippen MR) is 184 cm³/mol. The van der Waals surface area contributed by atoms with E-state index in [-0.39, 0.29) is 11.6 Å². The molecule has 0 saturated heterocycles. The maximum Gasteiger partial charge on any atom is 0.272 e. The quantitative estimate of drug-likeness (QED) is 0.0922. The van der Waals surface area contributed by atoms with E-state index >= 15 is 0 Å². The number of anilines is 2. The molecule has 6 rings (SSSR count). The molecule has 0 aliphatic rings. The third-order valence-electron chi connectivity index (χ3n) is 6.89. The van der Waals surface area contributed by atoms with Crippen molar-refractivity contribution in [3.05, 3.63) is 143 Å². The number of aryl methyl sites for hydroxylation is 1. The Bertz CT molecular complexity index is 2040. The first-order valence-corrected chi connectivity index (χ1v) is 16.0. The van der Waals surface area contributed by atoms with Crippen LogP contribution in [0.2, 0.25) is 0 Å². The highest BCUT2D eigenvalue weighted by molar-refractivity contribution is 8.00. The third-order valence-corrected chi connectivity index (χ3v) is 8.89. The van der Waals surface area contributed by atoms with E-state index in [0.29, 0.717) is 16.4 Å². The second kappa shape index (κ2) is 14.1. The van der Waals surface area contributed by atoms with E-state index in [1.807, 2.05) is 73.7 Å². The topological polar surface area (TPSA) is 129 Å². The Morgan fingerprint density at radius 2 is 1.59 bits per heavy atom. The average Bonchev–Trinajstić information content (AvgIpc) is 3.69. The van der Waals surface area contributed by atoms with Gasteiger partial charge in [-0.05, 0) is 55.0 Å². The van der Waals surface area contributed by atoms with Crippen LogP contribution < -0.4 is 16.0 Å². The number of aromatic amines is 1. The van der Waals surface area contributed by atoms with Crippen molar-refractivity contribution in [2.75, 3.05) is 10.6 Å². The summed E-state index contributed by atoms with van der Waals surface area (Å²) in [6, 6.07) is 33.1. The number of carbonyl (C=O) groups is 3. The van der Waals surface area contributed by atoms with Crippen LogP contribution in [-0.2, 0) is 9.59 Å². The van der Waals surface area contributed by atoms with E-state index in [2.05, 4.69) is 31.1 Å². The number of aromatic nitrogens is 3. The van der Waals surface area contributed by atoms with Crippen LogP contribution in [0.4, 0.5) is 10.8 Å². The molecule has 6 aromatic rings. The largest absolute Gasteiger partial charge is 0.361 e. The SMILES string of the molecule is Cc1nnc(NC(=O)C(Sc2cccc(NC(=O)/C(=C/c3c[nH]c4ccccc34)NC(=O)c3ccccc3)c2)c2ccccc2)s1. The smallest absolute Gasteiger partial charge is 0.272 e. The predicted octanol–water partition coefficient (Wildman–Crippen LogP) is 7.21. The standard InChI is InChI=1S/C35H28N6O3S2/c1-22-40-41-35(45-22)39-34(44)31(23-11-4-2-5-12-23)46-27-16-10-15-26(20-27)37-33(43)30(38-32(42)24-13-6-3-7-14-24)19-25-21-36-29-18-9-8-17-28(25)29/h2-21,31,36H,1H3,(H,37,43)(H,38,42)(H,39,41,44)/b30-19-. The van der Waals surface area contributed by atoms with E-state index in [9.17, 15) is 14.4 Å². The molecule has 0 bridgehead atoms. The number of thioether (sulfide) groups is 1. The number of nitrogens with zero attached hydrogens (tertiary/aromatic N) is 2. The van der Waals surface area contributed by atoms with Gasteiger partial charge in [0.25, 0.3) is 11.8 Å². The molecule has 9 nitrogen and oxygen atoms in total. The summed E-state index contributed by atoms with van der Waals surface area (Å²) >= 11 is 2.65. The molecule has 1 atom stereocenters. The lowest BCUT2D eigenvalue weighted by atomic mass is 10.1. The highest BCUT2D eigenvalue weighted by atomic mass is 32.2. The molecule has 3 amide bonds. The van der Waals surface area contributed by atoms with Gasteiger partial charge < -0.3 is 15.6 Å². The molecule has 0 spiro atoms. The van der Waals surface area contributed by atoms with Crippen LogP contribution in [0.25, 0.3) is 17.0 Å². The van der Waals surface area contributed by atoms with Crippen molar-refractivity contribution in [2.45, 2.75) is 17.1 Å². The minimum atomic E-state index is -0.598. The Balaban J connectivity index is 1.25. The lowest BCUT2D eigenvalue weighted by Gasteiger charge is -2.17. The summed E-state index contributed by atoms with van der Waals surface area (Å²) < 4.78 is 0. The van der Waals surface area contributed by atoms with Gasteiger partial charge in [-0.25, -0.2) is 0 Å². The number of amides is 3. The van der Waals surface area contributed by atoms with E-state index in [1.165, 1.54) is 23.1 Å². The fourth-order valence-corrected chi connectivity index (χ4v) is 6.39. The van der Waals surface area contributed by atoms with Crippen LogP contribution in [0.15, 0.2) is 126 Å². The summed E-state index contributed by atoms with van der Waals surface area (Å²) in [7, 11) is 0. The minimum Gasteiger partial charge on any atom is -0.361 e. The van der Waals surface area contributed by atoms with Gasteiger partial charge in [-0.3, -0.25) is 19.7 Å². The molecule has 2 aromatic heterocycles. The Kier molecular flexibility index (Phi) is 9.32. The molecule has 4 aromatic carbocycles. The van der Waals surface area contributed by atoms with Crippen LogP contribution in [0.1, 0.15) is 31.7 Å². The summed E-state index contributed by atoms with van der Waals surface area (Å²) in [4.78, 5) is 44.2. The first kappa shape index (κ1) is 30.5. The van der Waals surface area contributed by atoms with Crippen molar-refractivity contribution in [2.24, 2.45) is 0 Å². The van der Waals surface area contributed by atoms with E-state index in [0.717, 1.165) is 31.9 Å². The molecule has 0 fully saturated rings. The first-order chi connectivity index (χ1) is 22.4. The molecule has 0 aliphatic heterocycles. The van der Waals surface area contributed by atoms with Gasteiger partial charge in [0.15, 0.2) is 0 Å². The fourth-order valence-electron chi connectivity index (χ4n) is 4.71. The maximum atomic E-state index is 13.7. The van der Waals surface area contributed by atoms with Gasteiger partial charge in [0.1, 0.15) is 16.0 Å². The van der Waals surface area contributed by atoms with Gasteiger partial charge in [0.2, 0.25) is 11.0 Å². The second-order valence-electron chi connectivity index (χ2n) is 10.2. The van der Waals surface area contributed by atoms with Crippen LogP contribution in [-0.4, -0.2) is 32.9 Å². The number of rotatable bonds is 10. The monoisotopic (exact) mass is 644 g/mol. The fraction of sp³-hybridized carbons (Fsp3) is 0.0571. The normalized spacial score (nSPS) is 12.0. The number of benzene rings is 4. The average molecular weight is 645 g/mol. The number of hydrogen-bond acceptors (Lipinski definition) is 7. The number of hydrogen-bond donors (Lipinski definition) is 4. The van der Waals surface area contributed by atoms with Crippen molar-refractivity contribution < 1.29 is 14.4 Å². The van der Waals surface area contributed by atoms with Crippen LogP contribution >= 0.6 is 23.1 Å². The molecular formula is C35H28N6O3S2. The zero-order chi connectivity index (χ0) is 31.9. The van der Waals surface area contributed by atoms with Crippen molar-refractivity contribution in [3.63, 3.8) is 0 Å². The summed E-state index contributed by atoms with van der Waals surface area (Å²) in [6.07, 6.45) is 3.44. The van der Waals surface area contributed by atoms with Crippen molar-refractivity contribution in [3.8, 4) is 0 Å². The van der Waals surface area contributed by atoms with Gasteiger partial charge in [-0.15, -0.1) is 22.0 Å². The minimum absolute atomic E-state index is 0.0746. The molecule has 0 aliphatic carbocycles. The molecule has 0 saturated carbocycles.